The molecule has 0 saturated carbocycles. The lowest BCUT2D eigenvalue weighted by Gasteiger charge is -2.15. The minimum Gasteiger partial charge on any atom is -0.493 e. The normalized spacial score (nSPS) is 10.6. The molecule has 4 rings (SSSR count). The van der Waals surface area contributed by atoms with Gasteiger partial charge in [0.1, 0.15) is 0 Å². The quantitative estimate of drug-likeness (QED) is 0.321. The van der Waals surface area contributed by atoms with Crippen LogP contribution < -0.4 is 19.5 Å². The van der Waals surface area contributed by atoms with Crippen molar-refractivity contribution in [1.82, 2.24) is 4.98 Å². The van der Waals surface area contributed by atoms with E-state index in [-0.39, 0.29) is 5.56 Å². The smallest absolute Gasteiger partial charge is 0.339 e. The molecule has 0 unspecified atom stereocenters. The molecule has 184 valence electrons. The maximum absolute atomic E-state index is 13.1. The van der Waals surface area contributed by atoms with Crippen molar-refractivity contribution in [2.45, 2.75) is 0 Å². The predicted molar refractivity (Wildman–Crippen MR) is 137 cm³/mol. The molecular weight excluding hydrogens is 484 g/mol. The lowest BCUT2D eigenvalue weighted by Crippen LogP contribution is -2.21. The number of hydrogen-bond acceptors (Lipinski definition) is 7. The molecule has 0 fully saturated rings. The van der Waals surface area contributed by atoms with Crippen LogP contribution in [0.15, 0.2) is 66.7 Å². The molecule has 0 spiro atoms. The third-order valence-electron chi connectivity index (χ3n) is 5.34. The van der Waals surface area contributed by atoms with Crippen LogP contribution >= 0.6 is 11.6 Å². The van der Waals surface area contributed by atoms with Crippen LogP contribution in [0.5, 0.6) is 17.2 Å². The van der Waals surface area contributed by atoms with Gasteiger partial charge in [-0.25, -0.2) is 9.78 Å². The Bertz CT molecular complexity index is 1410. The summed E-state index contributed by atoms with van der Waals surface area (Å²) in [6.07, 6.45) is 0. The van der Waals surface area contributed by atoms with E-state index < -0.39 is 18.5 Å². The summed E-state index contributed by atoms with van der Waals surface area (Å²) in [7, 11) is 4.56. The average Bonchev–Trinajstić information content (AvgIpc) is 2.90. The van der Waals surface area contributed by atoms with Crippen molar-refractivity contribution in [2.24, 2.45) is 0 Å². The van der Waals surface area contributed by atoms with E-state index in [1.807, 2.05) is 6.07 Å². The van der Waals surface area contributed by atoms with Gasteiger partial charge in [-0.2, -0.15) is 0 Å². The maximum Gasteiger partial charge on any atom is 0.339 e. The monoisotopic (exact) mass is 506 g/mol. The SMILES string of the molecule is COc1cc(-c2cc(C(=O)OCC(=O)Nc3cccc(Cl)c3)c3ccccc3n2)cc(OC)c1OC. The molecule has 36 heavy (non-hydrogen) atoms. The Kier molecular flexibility index (Phi) is 7.56. The molecule has 0 aliphatic carbocycles. The molecule has 1 N–H and O–H groups in total. The Morgan fingerprint density at radius 2 is 1.61 bits per heavy atom. The van der Waals surface area contributed by atoms with Gasteiger partial charge in [0.05, 0.1) is 38.1 Å². The number of halogens is 1. The van der Waals surface area contributed by atoms with Crippen LogP contribution in [-0.2, 0) is 9.53 Å². The largest absolute Gasteiger partial charge is 0.493 e. The van der Waals surface area contributed by atoms with E-state index in [4.69, 9.17) is 35.5 Å². The van der Waals surface area contributed by atoms with E-state index in [1.54, 1.807) is 60.7 Å². The summed E-state index contributed by atoms with van der Waals surface area (Å²) in [4.78, 5) is 30.1. The zero-order valence-corrected chi connectivity index (χ0v) is 20.6. The summed E-state index contributed by atoms with van der Waals surface area (Å²) in [5.41, 5.74) is 2.48. The van der Waals surface area contributed by atoms with Crippen LogP contribution in [0, 0.1) is 0 Å². The number of anilines is 1. The van der Waals surface area contributed by atoms with Gasteiger partial charge in [0.15, 0.2) is 18.1 Å². The number of fused-ring (bicyclic) bond motifs is 1. The Morgan fingerprint density at radius 1 is 0.889 bits per heavy atom. The zero-order chi connectivity index (χ0) is 25.7. The molecule has 0 saturated heterocycles. The first kappa shape index (κ1) is 24.8. The second-order valence-electron chi connectivity index (χ2n) is 7.62. The summed E-state index contributed by atoms with van der Waals surface area (Å²) < 4.78 is 21.6. The van der Waals surface area contributed by atoms with Crippen molar-refractivity contribution in [1.29, 1.82) is 0 Å². The molecule has 1 aromatic heterocycles. The molecule has 0 radical (unpaired) electrons. The molecule has 0 bridgehead atoms. The fraction of sp³-hybridized carbons (Fsp3) is 0.148. The fourth-order valence-electron chi connectivity index (χ4n) is 3.69. The summed E-state index contributed by atoms with van der Waals surface area (Å²) in [5, 5.41) is 3.72. The molecule has 3 aromatic carbocycles. The molecule has 1 amide bonds. The van der Waals surface area contributed by atoms with Crippen LogP contribution in [0.4, 0.5) is 5.69 Å². The van der Waals surface area contributed by atoms with Crippen molar-refractivity contribution >= 4 is 40.1 Å². The topological polar surface area (TPSA) is 96.0 Å². The van der Waals surface area contributed by atoms with Crippen molar-refractivity contribution in [3.63, 3.8) is 0 Å². The van der Waals surface area contributed by atoms with Crippen molar-refractivity contribution in [3.8, 4) is 28.5 Å². The molecule has 0 aliphatic heterocycles. The highest BCUT2D eigenvalue weighted by Gasteiger charge is 2.19. The number of pyridine rings is 1. The van der Waals surface area contributed by atoms with E-state index in [2.05, 4.69) is 5.32 Å². The van der Waals surface area contributed by atoms with Crippen LogP contribution in [0.1, 0.15) is 10.4 Å². The highest BCUT2D eigenvalue weighted by molar-refractivity contribution is 6.30. The summed E-state index contributed by atoms with van der Waals surface area (Å²) >= 11 is 5.95. The number of benzene rings is 3. The number of amides is 1. The van der Waals surface area contributed by atoms with E-state index in [9.17, 15) is 9.59 Å². The standard InChI is InChI=1S/C27H23ClN2O6/c1-33-23-11-16(12-24(34-2)26(23)35-3)22-14-20(19-9-4-5-10-21(19)30-22)27(32)36-15-25(31)29-18-8-6-7-17(28)13-18/h4-14H,15H2,1-3H3,(H,29,31). The van der Waals surface area contributed by atoms with Gasteiger partial charge in [0, 0.05) is 21.7 Å². The van der Waals surface area contributed by atoms with Gasteiger partial charge in [0.25, 0.3) is 5.91 Å². The lowest BCUT2D eigenvalue weighted by atomic mass is 10.0. The molecule has 0 atom stereocenters. The van der Waals surface area contributed by atoms with E-state index >= 15 is 0 Å². The van der Waals surface area contributed by atoms with E-state index in [0.29, 0.717) is 50.1 Å². The number of rotatable bonds is 8. The first-order valence-corrected chi connectivity index (χ1v) is 11.2. The molecule has 4 aromatic rings. The fourth-order valence-corrected chi connectivity index (χ4v) is 3.88. The van der Waals surface area contributed by atoms with Crippen LogP contribution in [0.2, 0.25) is 5.02 Å². The number of esters is 1. The number of methoxy groups -OCH3 is 3. The third-order valence-corrected chi connectivity index (χ3v) is 5.57. The summed E-state index contributed by atoms with van der Waals surface area (Å²) in [5.74, 6) is 0.180. The summed E-state index contributed by atoms with van der Waals surface area (Å²) in [6, 6.07) is 19.0. The molecular formula is C27H23ClN2O6. The van der Waals surface area contributed by atoms with Gasteiger partial charge in [0.2, 0.25) is 5.75 Å². The molecule has 0 aliphatic rings. The van der Waals surface area contributed by atoms with Gasteiger partial charge in [-0.3, -0.25) is 4.79 Å². The number of carbonyl (C=O) groups excluding carboxylic acids is 2. The minimum absolute atomic E-state index is 0.264. The van der Waals surface area contributed by atoms with Crippen molar-refractivity contribution in [2.75, 3.05) is 33.3 Å². The molecule has 1 heterocycles. The number of aromatic nitrogens is 1. The molecule has 9 heteroatoms. The number of ether oxygens (including phenoxy) is 4. The average molecular weight is 507 g/mol. The van der Waals surface area contributed by atoms with Crippen molar-refractivity contribution in [3.05, 3.63) is 77.3 Å². The Hall–Kier alpha value is -4.30. The Balaban J connectivity index is 1.65. The second kappa shape index (κ2) is 11.0. The van der Waals surface area contributed by atoms with Gasteiger partial charge in [-0.05, 0) is 42.5 Å². The van der Waals surface area contributed by atoms with Crippen molar-refractivity contribution < 1.29 is 28.5 Å². The Labute approximate surface area is 212 Å². The number of nitrogens with one attached hydrogen (secondary N) is 1. The van der Waals surface area contributed by atoms with E-state index in [0.717, 1.165) is 0 Å². The Morgan fingerprint density at radius 3 is 2.28 bits per heavy atom. The predicted octanol–water partition coefficient (Wildman–Crippen LogP) is 5.38. The van der Waals surface area contributed by atoms with Gasteiger partial charge in [-0.1, -0.05) is 35.9 Å². The minimum atomic E-state index is -0.663. The number of para-hydroxylation sites is 1. The van der Waals surface area contributed by atoms with E-state index in [1.165, 1.54) is 21.3 Å². The first-order valence-electron chi connectivity index (χ1n) is 10.9. The number of hydrogen-bond donors (Lipinski definition) is 1. The molecule has 8 nitrogen and oxygen atoms in total. The van der Waals surface area contributed by atoms with Crippen LogP contribution in [0.3, 0.4) is 0 Å². The van der Waals surface area contributed by atoms with Gasteiger partial charge in [-0.15, -0.1) is 0 Å². The van der Waals surface area contributed by atoms with Crippen LogP contribution in [-0.4, -0.2) is 44.8 Å². The highest BCUT2D eigenvalue weighted by Crippen LogP contribution is 2.41. The lowest BCUT2D eigenvalue weighted by molar-refractivity contribution is -0.119. The highest BCUT2D eigenvalue weighted by atomic mass is 35.5. The van der Waals surface area contributed by atoms with Gasteiger partial charge >= 0.3 is 5.97 Å². The van der Waals surface area contributed by atoms with Gasteiger partial charge < -0.3 is 24.3 Å². The number of carbonyl (C=O) groups is 2. The maximum atomic E-state index is 13.1. The number of nitrogens with zero attached hydrogens (tertiary/aromatic N) is 1. The summed E-state index contributed by atoms with van der Waals surface area (Å²) in [6.45, 7) is -0.471. The third kappa shape index (κ3) is 5.34. The zero-order valence-electron chi connectivity index (χ0n) is 19.8. The second-order valence-corrected chi connectivity index (χ2v) is 8.06. The van der Waals surface area contributed by atoms with Crippen LogP contribution in [0.25, 0.3) is 22.2 Å². The first-order chi connectivity index (χ1) is 17.4.